The fraction of sp³-hybridized carbons (Fsp3) is 0.818. The molecule has 1 aliphatic carbocycles. The van der Waals surface area contributed by atoms with Gasteiger partial charge in [0.25, 0.3) is 0 Å². The summed E-state index contributed by atoms with van der Waals surface area (Å²) < 4.78 is 4.72. The predicted octanol–water partition coefficient (Wildman–Crippen LogP) is 2.18. The number of ether oxygens (including phenoxy) is 1. The summed E-state index contributed by atoms with van der Waals surface area (Å²) in [4.78, 5) is 22.4. The minimum absolute atomic E-state index is 0.00894. The van der Waals surface area contributed by atoms with Crippen LogP contribution in [0.5, 0.6) is 0 Å². The van der Waals surface area contributed by atoms with Crippen LogP contribution in [0.3, 0.4) is 0 Å². The molecule has 0 saturated heterocycles. The van der Waals surface area contributed by atoms with Gasteiger partial charge in [0.05, 0.1) is 12.4 Å². The van der Waals surface area contributed by atoms with Crippen molar-refractivity contribution in [3.8, 4) is 0 Å². The predicted molar refractivity (Wildman–Crippen MR) is 61.0 cm³/mol. The fourth-order valence-corrected chi connectivity index (χ4v) is 2.88. The van der Waals surface area contributed by atoms with Crippen molar-refractivity contribution < 1.29 is 14.3 Å². The first-order valence-electron chi connectivity index (χ1n) is 5.51. The van der Waals surface area contributed by atoms with Crippen LogP contribution in [-0.4, -0.2) is 29.4 Å². The van der Waals surface area contributed by atoms with Gasteiger partial charge in [-0.05, 0) is 19.8 Å². The van der Waals surface area contributed by atoms with Crippen molar-refractivity contribution in [1.29, 1.82) is 0 Å². The Morgan fingerprint density at radius 1 is 1.33 bits per heavy atom. The van der Waals surface area contributed by atoms with Crippen LogP contribution in [0, 0.1) is 0 Å². The van der Waals surface area contributed by atoms with Crippen molar-refractivity contribution in [2.75, 3.05) is 12.4 Å². The highest BCUT2D eigenvalue weighted by Gasteiger charge is 2.17. The first-order valence-corrected chi connectivity index (χ1v) is 6.56. The lowest BCUT2D eigenvalue weighted by atomic mass is 10.3. The van der Waals surface area contributed by atoms with E-state index >= 15 is 0 Å². The minimum atomic E-state index is -0.394. The van der Waals surface area contributed by atoms with Crippen molar-refractivity contribution in [1.82, 2.24) is 0 Å². The van der Waals surface area contributed by atoms with E-state index in [2.05, 4.69) is 0 Å². The van der Waals surface area contributed by atoms with E-state index in [0.717, 1.165) is 0 Å². The van der Waals surface area contributed by atoms with Crippen LogP contribution in [0.4, 0.5) is 0 Å². The molecular weight excluding hydrogens is 212 g/mol. The summed E-state index contributed by atoms with van der Waals surface area (Å²) in [6.07, 6.45) is 4.94. The molecule has 86 valence electrons. The molecule has 1 aliphatic rings. The van der Waals surface area contributed by atoms with E-state index in [1.165, 1.54) is 25.7 Å². The van der Waals surface area contributed by atoms with Gasteiger partial charge in [-0.25, -0.2) is 0 Å². The Morgan fingerprint density at radius 3 is 2.60 bits per heavy atom. The highest BCUT2D eigenvalue weighted by molar-refractivity contribution is 8.00. The first-order chi connectivity index (χ1) is 7.22. The van der Waals surface area contributed by atoms with Crippen LogP contribution in [0.1, 0.15) is 39.0 Å². The Hall–Kier alpha value is -0.510. The van der Waals surface area contributed by atoms with Crippen molar-refractivity contribution in [2.45, 2.75) is 44.3 Å². The summed E-state index contributed by atoms with van der Waals surface area (Å²) in [5.74, 6) is 0.0589. The number of rotatable bonds is 6. The fourth-order valence-electron chi connectivity index (χ4n) is 1.69. The molecule has 0 aliphatic heterocycles. The molecule has 1 rings (SSSR count). The van der Waals surface area contributed by atoms with E-state index in [0.29, 0.717) is 17.6 Å². The van der Waals surface area contributed by atoms with Crippen molar-refractivity contribution in [2.24, 2.45) is 0 Å². The maximum atomic E-state index is 11.4. The number of ketones is 1. The molecule has 4 heteroatoms. The highest BCUT2D eigenvalue weighted by atomic mass is 32.2. The van der Waals surface area contributed by atoms with Crippen molar-refractivity contribution >= 4 is 23.5 Å². The van der Waals surface area contributed by atoms with Crippen LogP contribution in [0.25, 0.3) is 0 Å². The Morgan fingerprint density at radius 2 is 2.00 bits per heavy atom. The average Bonchev–Trinajstić information content (AvgIpc) is 2.67. The van der Waals surface area contributed by atoms with Gasteiger partial charge in [-0.3, -0.25) is 9.59 Å². The van der Waals surface area contributed by atoms with Gasteiger partial charge in [0, 0.05) is 5.25 Å². The van der Waals surface area contributed by atoms with E-state index in [9.17, 15) is 9.59 Å². The summed E-state index contributed by atoms with van der Waals surface area (Å²) in [6.45, 7) is 2.09. The van der Waals surface area contributed by atoms with Gasteiger partial charge in [-0.15, -0.1) is 0 Å². The molecule has 0 amide bonds. The van der Waals surface area contributed by atoms with Gasteiger partial charge in [-0.1, -0.05) is 12.8 Å². The zero-order valence-corrected chi connectivity index (χ0v) is 9.98. The maximum absolute atomic E-state index is 11.4. The van der Waals surface area contributed by atoms with E-state index < -0.39 is 5.97 Å². The monoisotopic (exact) mass is 230 g/mol. The molecule has 3 nitrogen and oxygen atoms in total. The van der Waals surface area contributed by atoms with Gasteiger partial charge in [0.1, 0.15) is 6.42 Å². The molecule has 0 aromatic heterocycles. The Kier molecular flexibility index (Phi) is 5.76. The van der Waals surface area contributed by atoms with Gasteiger partial charge >= 0.3 is 5.97 Å². The third-order valence-corrected chi connectivity index (χ3v) is 3.86. The molecular formula is C11H18O3S. The van der Waals surface area contributed by atoms with Gasteiger partial charge in [-0.2, -0.15) is 11.8 Å². The van der Waals surface area contributed by atoms with Crippen molar-refractivity contribution in [3.05, 3.63) is 0 Å². The Labute approximate surface area is 94.9 Å². The lowest BCUT2D eigenvalue weighted by Crippen LogP contribution is -2.14. The molecule has 0 atom stereocenters. The van der Waals surface area contributed by atoms with Crippen LogP contribution >= 0.6 is 11.8 Å². The summed E-state index contributed by atoms with van der Waals surface area (Å²) >= 11 is 1.69. The minimum Gasteiger partial charge on any atom is -0.466 e. The number of carbonyl (C=O) groups is 2. The molecule has 0 radical (unpaired) electrons. The zero-order chi connectivity index (χ0) is 11.1. The lowest BCUT2D eigenvalue weighted by Gasteiger charge is -2.07. The molecule has 0 bridgehead atoms. The Bertz CT molecular complexity index is 222. The van der Waals surface area contributed by atoms with Crippen molar-refractivity contribution in [3.63, 3.8) is 0 Å². The second-order valence-corrected chi connectivity index (χ2v) is 5.03. The molecule has 15 heavy (non-hydrogen) atoms. The normalized spacial score (nSPS) is 16.6. The molecule has 0 aromatic carbocycles. The number of thioether (sulfide) groups is 1. The molecule has 0 unspecified atom stereocenters. The number of esters is 1. The summed E-state index contributed by atoms with van der Waals surface area (Å²) in [5.41, 5.74) is 0. The zero-order valence-electron chi connectivity index (χ0n) is 9.16. The largest absolute Gasteiger partial charge is 0.466 e. The third kappa shape index (κ3) is 5.21. The SMILES string of the molecule is CCOC(=O)CC(=O)CSC1CCCC1. The van der Waals surface area contributed by atoms with Gasteiger partial charge in [0.15, 0.2) is 5.78 Å². The summed E-state index contributed by atoms with van der Waals surface area (Å²) in [6, 6.07) is 0. The number of hydrogen-bond donors (Lipinski definition) is 0. The molecule has 1 saturated carbocycles. The van der Waals surface area contributed by atoms with Gasteiger partial charge < -0.3 is 4.74 Å². The van der Waals surface area contributed by atoms with Crippen LogP contribution in [0.2, 0.25) is 0 Å². The first kappa shape index (κ1) is 12.6. The van der Waals surface area contributed by atoms with Crippen LogP contribution < -0.4 is 0 Å². The molecule has 0 aromatic rings. The highest BCUT2D eigenvalue weighted by Crippen LogP contribution is 2.29. The quantitative estimate of drug-likeness (QED) is 0.518. The molecule has 0 N–H and O–H groups in total. The maximum Gasteiger partial charge on any atom is 0.313 e. The number of carbonyl (C=O) groups excluding carboxylic acids is 2. The standard InChI is InChI=1S/C11H18O3S/c1-2-14-11(13)7-9(12)8-15-10-5-3-4-6-10/h10H,2-8H2,1H3. The second-order valence-electron chi connectivity index (χ2n) is 3.74. The Balaban J connectivity index is 2.09. The third-order valence-electron chi connectivity index (χ3n) is 2.43. The number of hydrogen-bond acceptors (Lipinski definition) is 4. The summed E-state index contributed by atoms with van der Waals surface area (Å²) in [7, 11) is 0. The lowest BCUT2D eigenvalue weighted by molar-refractivity contribution is -0.145. The molecule has 1 fully saturated rings. The van der Waals surface area contributed by atoms with Gasteiger partial charge in [0.2, 0.25) is 0 Å². The number of Topliss-reactive ketones (excluding diaryl/α,β-unsaturated/α-hetero) is 1. The van der Waals surface area contributed by atoms with E-state index in [1.807, 2.05) is 0 Å². The molecule has 0 spiro atoms. The topological polar surface area (TPSA) is 43.4 Å². The second kappa shape index (κ2) is 6.88. The van der Waals surface area contributed by atoms with E-state index in [4.69, 9.17) is 4.74 Å². The molecule has 0 heterocycles. The summed E-state index contributed by atoms with van der Waals surface area (Å²) in [5, 5.41) is 0.635. The van der Waals surface area contributed by atoms with Crippen LogP contribution in [-0.2, 0) is 14.3 Å². The van der Waals surface area contributed by atoms with E-state index in [-0.39, 0.29) is 12.2 Å². The smallest absolute Gasteiger partial charge is 0.313 e. The van der Waals surface area contributed by atoms with Crippen LogP contribution in [0.15, 0.2) is 0 Å². The average molecular weight is 230 g/mol. The van der Waals surface area contributed by atoms with E-state index in [1.54, 1.807) is 18.7 Å².